The lowest BCUT2D eigenvalue weighted by atomic mass is 10.1. The maximum absolute atomic E-state index is 12.2. The van der Waals surface area contributed by atoms with Crippen LogP contribution < -0.4 is 5.32 Å². The third kappa shape index (κ3) is 3.84. The second-order valence-corrected chi connectivity index (χ2v) is 6.83. The van der Waals surface area contributed by atoms with E-state index >= 15 is 0 Å². The van der Waals surface area contributed by atoms with Crippen LogP contribution in [0.1, 0.15) is 32.6 Å². The largest absolute Gasteiger partial charge is 0.355 e. The Bertz CT molecular complexity index is 461. The number of likely N-dealkylation sites (tertiary alicyclic amines) is 1. The van der Waals surface area contributed by atoms with Crippen LogP contribution in [0.5, 0.6) is 0 Å². The molecule has 0 bridgehead atoms. The Morgan fingerprint density at radius 3 is 2.76 bits per heavy atom. The molecule has 1 amide bonds. The van der Waals surface area contributed by atoms with Crippen molar-refractivity contribution in [1.82, 2.24) is 20.0 Å². The molecule has 1 saturated heterocycles. The highest BCUT2D eigenvalue weighted by Gasteiger charge is 2.44. The number of aromatic nitrogens is 2. The topological polar surface area (TPSA) is 50.2 Å². The van der Waals surface area contributed by atoms with Crippen molar-refractivity contribution in [2.75, 3.05) is 26.2 Å². The molecule has 0 aromatic carbocycles. The third-order valence-corrected chi connectivity index (χ3v) is 4.82. The van der Waals surface area contributed by atoms with Gasteiger partial charge >= 0.3 is 0 Å². The summed E-state index contributed by atoms with van der Waals surface area (Å²) in [7, 11) is 0. The average Bonchev–Trinajstić information content (AvgIpc) is 2.88. The molecule has 5 heteroatoms. The van der Waals surface area contributed by atoms with Crippen molar-refractivity contribution >= 4 is 5.91 Å². The fourth-order valence-electron chi connectivity index (χ4n) is 3.20. The van der Waals surface area contributed by atoms with Crippen molar-refractivity contribution in [2.24, 2.45) is 11.3 Å². The fraction of sp³-hybridized carbons (Fsp3) is 0.750. The van der Waals surface area contributed by atoms with Crippen LogP contribution in [-0.4, -0.2) is 46.8 Å². The summed E-state index contributed by atoms with van der Waals surface area (Å²) in [5.41, 5.74) is 0.366. The number of nitrogens with zero attached hydrogens (tertiary/aromatic N) is 3. The maximum atomic E-state index is 12.2. The van der Waals surface area contributed by atoms with Crippen molar-refractivity contribution < 1.29 is 4.79 Å². The van der Waals surface area contributed by atoms with Gasteiger partial charge in [0, 0.05) is 30.9 Å². The Morgan fingerprint density at radius 1 is 1.38 bits per heavy atom. The lowest BCUT2D eigenvalue weighted by Gasteiger charge is -2.24. The zero-order chi connectivity index (χ0) is 14.7. The molecule has 1 aromatic heterocycles. The number of rotatable bonds is 7. The Kier molecular flexibility index (Phi) is 4.29. The van der Waals surface area contributed by atoms with Crippen molar-refractivity contribution in [3.05, 3.63) is 18.5 Å². The molecular formula is C16H26N4O. The zero-order valence-corrected chi connectivity index (χ0v) is 12.9. The van der Waals surface area contributed by atoms with Crippen molar-refractivity contribution in [3.63, 3.8) is 0 Å². The number of hydrogen-bond acceptors (Lipinski definition) is 3. The van der Waals surface area contributed by atoms with E-state index in [1.807, 2.05) is 23.9 Å². The second-order valence-electron chi connectivity index (χ2n) is 6.83. The van der Waals surface area contributed by atoms with Gasteiger partial charge in [-0.25, -0.2) is 0 Å². The van der Waals surface area contributed by atoms with E-state index in [2.05, 4.69) is 15.3 Å². The monoisotopic (exact) mass is 290 g/mol. The van der Waals surface area contributed by atoms with E-state index in [0.717, 1.165) is 6.54 Å². The molecule has 1 aliphatic carbocycles. The highest BCUT2D eigenvalue weighted by atomic mass is 16.1. The Hall–Kier alpha value is -1.36. The molecule has 3 rings (SSSR count). The normalized spacial score (nSPS) is 22.1. The fourth-order valence-corrected chi connectivity index (χ4v) is 3.20. The summed E-state index contributed by atoms with van der Waals surface area (Å²) < 4.78 is 1.82. The Balaban J connectivity index is 1.42. The molecule has 2 fully saturated rings. The van der Waals surface area contributed by atoms with Crippen molar-refractivity contribution in [1.29, 1.82) is 0 Å². The summed E-state index contributed by atoms with van der Waals surface area (Å²) in [5, 5.41) is 7.32. The first-order valence-electron chi connectivity index (χ1n) is 8.14. The predicted octanol–water partition coefficient (Wildman–Crippen LogP) is 1.51. The number of amides is 1. The van der Waals surface area contributed by atoms with Gasteiger partial charge in [0.05, 0.1) is 12.5 Å². The van der Waals surface area contributed by atoms with Gasteiger partial charge in [0.15, 0.2) is 0 Å². The molecule has 1 aliphatic heterocycles. The van der Waals surface area contributed by atoms with Crippen molar-refractivity contribution in [3.8, 4) is 0 Å². The molecule has 1 aromatic rings. The van der Waals surface area contributed by atoms with Gasteiger partial charge in [0.1, 0.15) is 0 Å². The SMILES string of the molecule is CC(Cn1cccn1)C(=O)NCC1(CN2CCCC2)CC1. The highest BCUT2D eigenvalue weighted by molar-refractivity contribution is 5.78. The highest BCUT2D eigenvalue weighted by Crippen LogP contribution is 2.46. The standard InChI is InChI=1S/C16H26N4O/c1-14(11-20-10-4-7-18-20)15(21)17-12-16(5-6-16)13-19-8-2-3-9-19/h4,7,10,14H,2-3,5-6,8-9,11-13H2,1H3,(H,17,21). The van der Waals surface area contributed by atoms with Crippen molar-refractivity contribution in [2.45, 2.75) is 39.2 Å². The van der Waals surface area contributed by atoms with Gasteiger partial charge in [0.2, 0.25) is 5.91 Å². The lowest BCUT2D eigenvalue weighted by molar-refractivity contribution is -0.125. The smallest absolute Gasteiger partial charge is 0.224 e. The first-order chi connectivity index (χ1) is 10.2. The van der Waals surface area contributed by atoms with E-state index in [0.29, 0.717) is 12.0 Å². The molecule has 116 valence electrons. The number of carbonyl (C=O) groups is 1. The average molecular weight is 290 g/mol. The zero-order valence-electron chi connectivity index (χ0n) is 12.9. The van der Waals surface area contributed by atoms with E-state index in [1.54, 1.807) is 6.20 Å². The molecule has 1 saturated carbocycles. The third-order valence-electron chi connectivity index (χ3n) is 4.82. The maximum Gasteiger partial charge on any atom is 0.224 e. The molecule has 1 N–H and O–H groups in total. The van der Waals surface area contributed by atoms with Gasteiger partial charge in [0.25, 0.3) is 0 Å². The lowest BCUT2D eigenvalue weighted by Crippen LogP contribution is -2.39. The number of hydrogen-bond donors (Lipinski definition) is 1. The van der Waals surface area contributed by atoms with Crippen LogP contribution in [-0.2, 0) is 11.3 Å². The van der Waals surface area contributed by atoms with E-state index in [4.69, 9.17) is 0 Å². The summed E-state index contributed by atoms with van der Waals surface area (Å²) in [6, 6.07) is 1.89. The van der Waals surface area contributed by atoms with Gasteiger partial charge in [-0.15, -0.1) is 0 Å². The quantitative estimate of drug-likeness (QED) is 0.828. The first-order valence-corrected chi connectivity index (χ1v) is 8.14. The molecule has 2 heterocycles. The van der Waals surface area contributed by atoms with Gasteiger partial charge in [-0.05, 0) is 44.8 Å². The summed E-state index contributed by atoms with van der Waals surface area (Å²) in [4.78, 5) is 14.8. The van der Waals surface area contributed by atoms with Gasteiger partial charge in [-0.3, -0.25) is 9.48 Å². The van der Waals surface area contributed by atoms with Crippen LogP contribution in [0, 0.1) is 11.3 Å². The predicted molar refractivity (Wildman–Crippen MR) is 81.7 cm³/mol. The van der Waals surface area contributed by atoms with E-state index < -0.39 is 0 Å². The van der Waals surface area contributed by atoms with Gasteiger partial charge in [-0.1, -0.05) is 6.92 Å². The molecule has 5 nitrogen and oxygen atoms in total. The van der Waals surface area contributed by atoms with Gasteiger partial charge in [-0.2, -0.15) is 5.10 Å². The minimum atomic E-state index is -0.0347. The summed E-state index contributed by atoms with van der Waals surface area (Å²) in [6.45, 7) is 7.11. The second kappa shape index (κ2) is 6.18. The van der Waals surface area contributed by atoms with Crippen LogP contribution in [0.4, 0.5) is 0 Å². The molecule has 1 unspecified atom stereocenters. The molecule has 21 heavy (non-hydrogen) atoms. The van der Waals surface area contributed by atoms with Crippen LogP contribution >= 0.6 is 0 Å². The van der Waals surface area contributed by atoms with E-state index in [-0.39, 0.29) is 11.8 Å². The molecule has 2 aliphatic rings. The Morgan fingerprint density at radius 2 is 2.14 bits per heavy atom. The molecule has 0 spiro atoms. The van der Waals surface area contributed by atoms with Crippen LogP contribution in [0.3, 0.4) is 0 Å². The minimum Gasteiger partial charge on any atom is -0.355 e. The van der Waals surface area contributed by atoms with E-state index in [1.165, 1.54) is 45.3 Å². The summed E-state index contributed by atoms with van der Waals surface area (Å²) in [5.74, 6) is 0.116. The molecular weight excluding hydrogens is 264 g/mol. The number of nitrogens with one attached hydrogen (secondary N) is 1. The number of carbonyl (C=O) groups excluding carboxylic acids is 1. The molecule has 1 atom stereocenters. The Labute approximate surface area is 126 Å². The first kappa shape index (κ1) is 14.6. The van der Waals surface area contributed by atoms with Gasteiger partial charge < -0.3 is 10.2 Å². The summed E-state index contributed by atoms with van der Waals surface area (Å²) in [6.07, 6.45) is 8.85. The van der Waals surface area contributed by atoms with Crippen LogP contribution in [0.2, 0.25) is 0 Å². The molecule has 0 radical (unpaired) electrons. The van der Waals surface area contributed by atoms with E-state index in [9.17, 15) is 4.79 Å². The van der Waals surface area contributed by atoms with Crippen LogP contribution in [0.25, 0.3) is 0 Å². The summed E-state index contributed by atoms with van der Waals surface area (Å²) >= 11 is 0. The van der Waals surface area contributed by atoms with Crippen LogP contribution in [0.15, 0.2) is 18.5 Å². The minimum absolute atomic E-state index is 0.0347.